The minimum absolute atomic E-state index is 0.978. The van der Waals surface area contributed by atoms with Crippen LogP contribution in [0.15, 0.2) is 12.1 Å². The SMILES string of the molecule is COc1cc2c(cc1C)CCCNC2. The van der Waals surface area contributed by atoms with E-state index in [0.717, 1.165) is 18.8 Å². The van der Waals surface area contributed by atoms with Crippen LogP contribution in [-0.4, -0.2) is 13.7 Å². The molecule has 0 aromatic heterocycles. The summed E-state index contributed by atoms with van der Waals surface area (Å²) >= 11 is 0. The van der Waals surface area contributed by atoms with Gasteiger partial charge in [-0.05, 0) is 49.1 Å². The van der Waals surface area contributed by atoms with Crippen LogP contribution in [0.2, 0.25) is 0 Å². The fraction of sp³-hybridized carbons (Fsp3) is 0.500. The fourth-order valence-corrected chi connectivity index (χ4v) is 2.03. The lowest BCUT2D eigenvalue weighted by atomic mass is 10.0. The van der Waals surface area contributed by atoms with Crippen molar-refractivity contribution in [2.24, 2.45) is 0 Å². The standard InChI is InChI=1S/C12H17NO/c1-9-6-10-4-3-5-13-8-11(10)7-12(9)14-2/h6-7,13H,3-5,8H2,1-2H3. The van der Waals surface area contributed by atoms with Crippen molar-refractivity contribution in [3.05, 3.63) is 28.8 Å². The largest absolute Gasteiger partial charge is 0.496 e. The molecular formula is C12H17NO. The predicted molar refractivity (Wildman–Crippen MR) is 57.8 cm³/mol. The van der Waals surface area contributed by atoms with Crippen molar-refractivity contribution in [2.75, 3.05) is 13.7 Å². The molecule has 0 bridgehead atoms. The molecule has 0 aliphatic carbocycles. The van der Waals surface area contributed by atoms with Crippen molar-refractivity contribution < 1.29 is 4.74 Å². The normalized spacial score (nSPS) is 15.9. The van der Waals surface area contributed by atoms with Gasteiger partial charge in [0.25, 0.3) is 0 Å². The van der Waals surface area contributed by atoms with E-state index in [2.05, 4.69) is 24.4 Å². The first-order chi connectivity index (χ1) is 6.81. The van der Waals surface area contributed by atoms with E-state index in [0.29, 0.717) is 0 Å². The smallest absolute Gasteiger partial charge is 0.122 e. The van der Waals surface area contributed by atoms with Crippen molar-refractivity contribution >= 4 is 0 Å². The Balaban J connectivity index is 2.41. The van der Waals surface area contributed by atoms with E-state index in [9.17, 15) is 0 Å². The summed E-state index contributed by atoms with van der Waals surface area (Å²) < 4.78 is 5.32. The van der Waals surface area contributed by atoms with Gasteiger partial charge in [-0.25, -0.2) is 0 Å². The number of hydrogen-bond acceptors (Lipinski definition) is 2. The van der Waals surface area contributed by atoms with Gasteiger partial charge in [-0.3, -0.25) is 0 Å². The first-order valence-corrected chi connectivity index (χ1v) is 5.18. The number of hydrogen-bond donors (Lipinski definition) is 1. The Bertz CT molecular complexity index is 333. The molecule has 0 atom stereocenters. The molecule has 1 heterocycles. The van der Waals surface area contributed by atoms with Crippen LogP contribution in [0, 0.1) is 6.92 Å². The second-order valence-corrected chi connectivity index (χ2v) is 3.87. The second-order valence-electron chi connectivity index (χ2n) is 3.87. The molecule has 2 nitrogen and oxygen atoms in total. The molecule has 1 aliphatic rings. The van der Waals surface area contributed by atoms with Gasteiger partial charge in [-0.2, -0.15) is 0 Å². The molecule has 2 rings (SSSR count). The summed E-state index contributed by atoms with van der Waals surface area (Å²) in [5, 5.41) is 3.42. The number of benzene rings is 1. The first-order valence-electron chi connectivity index (χ1n) is 5.18. The van der Waals surface area contributed by atoms with Crippen LogP contribution in [0.25, 0.3) is 0 Å². The van der Waals surface area contributed by atoms with Crippen molar-refractivity contribution in [3.8, 4) is 5.75 Å². The lowest BCUT2D eigenvalue weighted by Crippen LogP contribution is -2.12. The van der Waals surface area contributed by atoms with Crippen molar-refractivity contribution in [1.82, 2.24) is 5.32 Å². The molecular weight excluding hydrogens is 174 g/mol. The molecule has 0 unspecified atom stereocenters. The zero-order chi connectivity index (χ0) is 9.97. The van der Waals surface area contributed by atoms with Crippen LogP contribution in [0.3, 0.4) is 0 Å². The van der Waals surface area contributed by atoms with Gasteiger partial charge in [0.1, 0.15) is 5.75 Å². The molecule has 1 aromatic rings. The number of methoxy groups -OCH3 is 1. The van der Waals surface area contributed by atoms with Crippen LogP contribution < -0.4 is 10.1 Å². The summed E-state index contributed by atoms with van der Waals surface area (Å²) in [6, 6.07) is 4.43. The topological polar surface area (TPSA) is 21.3 Å². The van der Waals surface area contributed by atoms with Gasteiger partial charge in [0.15, 0.2) is 0 Å². The highest BCUT2D eigenvalue weighted by Crippen LogP contribution is 2.24. The number of fused-ring (bicyclic) bond motifs is 1. The van der Waals surface area contributed by atoms with E-state index in [1.54, 1.807) is 7.11 Å². The lowest BCUT2D eigenvalue weighted by molar-refractivity contribution is 0.411. The number of ether oxygens (including phenoxy) is 1. The molecule has 2 heteroatoms. The van der Waals surface area contributed by atoms with Crippen molar-refractivity contribution in [1.29, 1.82) is 0 Å². The van der Waals surface area contributed by atoms with Crippen LogP contribution in [0.5, 0.6) is 5.75 Å². The van der Waals surface area contributed by atoms with E-state index in [-0.39, 0.29) is 0 Å². The van der Waals surface area contributed by atoms with E-state index < -0.39 is 0 Å². The molecule has 1 aromatic carbocycles. The van der Waals surface area contributed by atoms with E-state index in [1.807, 2.05) is 0 Å². The molecule has 0 spiro atoms. The minimum Gasteiger partial charge on any atom is -0.496 e. The highest BCUT2D eigenvalue weighted by Gasteiger charge is 2.10. The van der Waals surface area contributed by atoms with Crippen LogP contribution in [0.1, 0.15) is 23.1 Å². The van der Waals surface area contributed by atoms with Crippen molar-refractivity contribution in [2.45, 2.75) is 26.3 Å². The number of nitrogens with one attached hydrogen (secondary N) is 1. The maximum atomic E-state index is 5.32. The van der Waals surface area contributed by atoms with Crippen LogP contribution in [-0.2, 0) is 13.0 Å². The number of aryl methyl sites for hydroxylation is 2. The summed E-state index contributed by atoms with van der Waals surface area (Å²) in [7, 11) is 1.73. The minimum atomic E-state index is 0.978. The van der Waals surface area contributed by atoms with E-state index in [1.165, 1.54) is 29.5 Å². The first kappa shape index (κ1) is 9.53. The summed E-state index contributed by atoms with van der Waals surface area (Å²) in [4.78, 5) is 0. The molecule has 0 saturated heterocycles. The maximum Gasteiger partial charge on any atom is 0.122 e. The Hall–Kier alpha value is -1.02. The Labute approximate surface area is 85.3 Å². The van der Waals surface area contributed by atoms with Crippen molar-refractivity contribution in [3.63, 3.8) is 0 Å². The summed E-state index contributed by atoms with van der Waals surface area (Å²) in [5.74, 6) is 1.01. The van der Waals surface area contributed by atoms with Gasteiger partial charge in [0.2, 0.25) is 0 Å². The third-order valence-corrected chi connectivity index (χ3v) is 2.83. The summed E-state index contributed by atoms with van der Waals surface area (Å²) in [6.45, 7) is 4.21. The van der Waals surface area contributed by atoms with Crippen LogP contribution >= 0.6 is 0 Å². The monoisotopic (exact) mass is 191 g/mol. The third-order valence-electron chi connectivity index (χ3n) is 2.83. The average Bonchev–Trinajstić information content (AvgIpc) is 2.41. The van der Waals surface area contributed by atoms with Gasteiger partial charge < -0.3 is 10.1 Å². The Morgan fingerprint density at radius 2 is 2.14 bits per heavy atom. The molecule has 76 valence electrons. The van der Waals surface area contributed by atoms with Gasteiger partial charge in [0.05, 0.1) is 7.11 Å². The molecule has 14 heavy (non-hydrogen) atoms. The number of rotatable bonds is 1. The lowest BCUT2D eigenvalue weighted by Gasteiger charge is -2.11. The molecule has 1 aliphatic heterocycles. The van der Waals surface area contributed by atoms with Gasteiger partial charge in [0, 0.05) is 6.54 Å². The average molecular weight is 191 g/mol. The molecule has 0 amide bonds. The molecule has 0 saturated carbocycles. The van der Waals surface area contributed by atoms with E-state index in [4.69, 9.17) is 4.74 Å². The second kappa shape index (κ2) is 4.01. The summed E-state index contributed by atoms with van der Waals surface area (Å²) in [6.07, 6.45) is 2.42. The van der Waals surface area contributed by atoms with Gasteiger partial charge in [-0.15, -0.1) is 0 Å². The maximum absolute atomic E-state index is 5.32. The highest BCUT2D eigenvalue weighted by atomic mass is 16.5. The Morgan fingerprint density at radius 1 is 1.29 bits per heavy atom. The van der Waals surface area contributed by atoms with Gasteiger partial charge in [-0.1, -0.05) is 6.07 Å². The summed E-state index contributed by atoms with van der Waals surface area (Å²) in [5.41, 5.74) is 4.12. The zero-order valence-corrected chi connectivity index (χ0v) is 8.89. The van der Waals surface area contributed by atoms with E-state index >= 15 is 0 Å². The zero-order valence-electron chi connectivity index (χ0n) is 8.89. The molecule has 0 fully saturated rings. The Morgan fingerprint density at radius 3 is 2.93 bits per heavy atom. The van der Waals surface area contributed by atoms with Crippen LogP contribution in [0.4, 0.5) is 0 Å². The quantitative estimate of drug-likeness (QED) is 0.733. The predicted octanol–water partition coefficient (Wildman–Crippen LogP) is 2.04. The Kier molecular flexibility index (Phi) is 2.73. The highest BCUT2D eigenvalue weighted by molar-refractivity contribution is 5.42. The third kappa shape index (κ3) is 1.75. The molecule has 0 radical (unpaired) electrons. The molecule has 1 N–H and O–H groups in total. The van der Waals surface area contributed by atoms with Gasteiger partial charge >= 0.3 is 0 Å². The fourth-order valence-electron chi connectivity index (χ4n) is 2.03.